The standard InChI is InChI=1S/C3H3ClF3I/c1-2(4,5)3(6,7)8/h1H3. The summed E-state index contributed by atoms with van der Waals surface area (Å²) in [6.07, 6.45) is 0. The Balaban J connectivity index is 4.02. The average Bonchev–Trinajstić information content (AvgIpc) is 1.25. The first-order valence-corrected chi connectivity index (χ1v) is 3.15. The molecule has 0 bridgehead atoms. The van der Waals surface area contributed by atoms with E-state index in [-0.39, 0.29) is 0 Å². The van der Waals surface area contributed by atoms with Crippen LogP contribution in [0.4, 0.5) is 13.2 Å². The Hall–Kier alpha value is 0.810. The van der Waals surface area contributed by atoms with Crippen LogP contribution in [0.3, 0.4) is 0 Å². The van der Waals surface area contributed by atoms with Gasteiger partial charge in [0.1, 0.15) is 0 Å². The van der Waals surface area contributed by atoms with Crippen LogP contribution in [0.1, 0.15) is 6.92 Å². The first-order valence-electron chi connectivity index (χ1n) is 1.69. The first kappa shape index (κ1) is 8.81. The third-order valence-electron chi connectivity index (χ3n) is 0.498. The molecule has 0 aliphatic rings. The van der Waals surface area contributed by atoms with Gasteiger partial charge in [0.2, 0.25) is 0 Å². The average molecular weight is 258 g/mol. The Morgan fingerprint density at radius 2 is 1.50 bits per heavy atom. The van der Waals surface area contributed by atoms with Crippen LogP contribution in [-0.2, 0) is 0 Å². The predicted molar refractivity (Wildman–Crippen MR) is 34.3 cm³/mol. The lowest BCUT2D eigenvalue weighted by Gasteiger charge is -2.17. The van der Waals surface area contributed by atoms with Crippen molar-refractivity contribution >= 4 is 34.2 Å². The Labute approximate surface area is 63.5 Å². The van der Waals surface area contributed by atoms with Crippen LogP contribution in [0.5, 0.6) is 0 Å². The molecule has 50 valence electrons. The van der Waals surface area contributed by atoms with Gasteiger partial charge in [-0.15, -0.1) is 0 Å². The topological polar surface area (TPSA) is 0 Å². The van der Waals surface area contributed by atoms with Crippen molar-refractivity contribution in [2.75, 3.05) is 0 Å². The highest BCUT2D eigenvalue weighted by atomic mass is 127. The third-order valence-corrected chi connectivity index (χ3v) is 2.07. The molecule has 0 nitrogen and oxygen atoms in total. The minimum Gasteiger partial charge on any atom is -0.219 e. The molecule has 0 aromatic heterocycles. The van der Waals surface area contributed by atoms with Crippen LogP contribution < -0.4 is 0 Å². The van der Waals surface area contributed by atoms with E-state index in [1.54, 1.807) is 0 Å². The van der Waals surface area contributed by atoms with E-state index in [9.17, 15) is 13.2 Å². The van der Waals surface area contributed by atoms with Gasteiger partial charge in [-0.05, 0) is 6.92 Å². The number of halogens is 5. The molecule has 8 heavy (non-hydrogen) atoms. The van der Waals surface area contributed by atoms with Gasteiger partial charge in [-0.2, -0.15) is 8.78 Å². The maximum absolute atomic E-state index is 11.9. The molecule has 0 N–H and O–H groups in total. The van der Waals surface area contributed by atoms with E-state index in [0.29, 0.717) is 29.5 Å². The number of hydrogen-bond acceptors (Lipinski definition) is 0. The zero-order valence-corrected chi connectivity index (χ0v) is 6.80. The molecule has 0 aromatic rings. The van der Waals surface area contributed by atoms with Gasteiger partial charge in [0.05, 0.1) is 0 Å². The van der Waals surface area contributed by atoms with Gasteiger partial charge in [0.25, 0.3) is 5.13 Å². The molecule has 0 saturated carbocycles. The lowest BCUT2D eigenvalue weighted by atomic mass is 10.5. The third kappa shape index (κ3) is 2.39. The summed E-state index contributed by atoms with van der Waals surface area (Å²) < 4.78 is 31.8. The maximum Gasteiger partial charge on any atom is 0.343 e. The molecular weight excluding hydrogens is 255 g/mol. The first-order chi connectivity index (χ1) is 3.25. The Morgan fingerprint density at radius 1 is 1.38 bits per heavy atom. The predicted octanol–water partition coefficient (Wildman–Crippen LogP) is 2.94. The van der Waals surface area contributed by atoms with E-state index in [1.165, 1.54) is 0 Å². The zero-order valence-electron chi connectivity index (χ0n) is 3.89. The van der Waals surface area contributed by atoms with E-state index in [4.69, 9.17) is 0 Å². The summed E-state index contributed by atoms with van der Waals surface area (Å²) in [5.74, 6) is 0. The molecule has 0 heterocycles. The fourth-order valence-electron chi connectivity index (χ4n) is 0. The molecule has 0 aromatic carbocycles. The quantitative estimate of drug-likeness (QED) is 0.501. The molecule has 0 rings (SSSR count). The normalized spacial score (nSPS) is 20.2. The molecule has 0 fully saturated rings. The van der Waals surface area contributed by atoms with E-state index in [1.807, 2.05) is 0 Å². The second kappa shape index (κ2) is 2.21. The van der Waals surface area contributed by atoms with Gasteiger partial charge in [0, 0.05) is 22.6 Å². The molecule has 1 atom stereocenters. The van der Waals surface area contributed by atoms with Gasteiger partial charge in [0.15, 0.2) is 0 Å². The number of alkyl halides is 5. The Kier molecular flexibility index (Phi) is 2.43. The van der Waals surface area contributed by atoms with Gasteiger partial charge in [-0.1, -0.05) is 11.6 Å². The van der Waals surface area contributed by atoms with E-state index < -0.39 is 9.06 Å². The molecule has 0 spiro atoms. The monoisotopic (exact) mass is 258 g/mol. The molecule has 0 saturated heterocycles. The highest BCUT2D eigenvalue weighted by Crippen LogP contribution is 2.40. The van der Waals surface area contributed by atoms with Crippen molar-refractivity contribution in [3.8, 4) is 0 Å². The van der Waals surface area contributed by atoms with Crippen molar-refractivity contribution in [3.05, 3.63) is 0 Å². The fourth-order valence-corrected chi connectivity index (χ4v) is 0. The second-order valence-corrected chi connectivity index (χ2v) is 3.45. The molecule has 0 aliphatic carbocycles. The van der Waals surface area contributed by atoms with Gasteiger partial charge >= 0.3 is 3.93 Å². The van der Waals surface area contributed by atoms with E-state index in [0.717, 1.165) is 0 Å². The van der Waals surface area contributed by atoms with Gasteiger partial charge in [-0.3, -0.25) is 0 Å². The minimum atomic E-state index is -3.49. The summed E-state index contributed by atoms with van der Waals surface area (Å²) in [5.41, 5.74) is 0. The lowest BCUT2D eigenvalue weighted by molar-refractivity contribution is 0.0160. The summed E-state index contributed by atoms with van der Waals surface area (Å²) >= 11 is 5.23. The largest absolute Gasteiger partial charge is 0.343 e. The van der Waals surface area contributed by atoms with Gasteiger partial charge < -0.3 is 0 Å². The fraction of sp³-hybridized carbons (Fsp3) is 1.00. The van der Waals surface area contributed by atoms with Crippen LogP contribution in [0.25, 0.3) is 0 Å². The van der Waals surface area contributed by atoms with Crippen molar-refractivity contribution in [1.29, 1.82) is 0 Å². The van der Waals surface area contributed by atoms with Crippen LogP contribution in [-0.4, -0.2) is 9.06 Å². The van der Waals surface area contributed by atoms with E-state index in [2.05, 4.69) is 11.6 Å². The van der Waals surface area contributed by atoms with Crippen molar-refractivity contribution in [1.82, 2.24) is 0 Å². The van der Waals surface area contributed by atoms with Crippen LogP contribution in [0.15, 0.2) is 0 Å². The zero-order chi connectivity index (χ0) is 7.00. The van der Waals surface area contributed by atoms with Crippen molar-refractivity contribution < 1.29 is 13.2 Å². The summed E-state index contributed by atoms with van der Waals surface area (Å²) in [6.45, 7) is 0.612. The van der Waals surface area contributed by atoms with E-state index >= 15 is 0 Å². The SMILES string of the molecule is CC(F)(Cl)C(F)(F)I. The summed E-state index contributed by atoms with van der Waals surface area (Å²) in [4.78, 5) is 0. The van der Waals surface area contributed by atoms with Crippen molar-refractivity contribution in [2.45, 2.75) is 16.0 Å². The molecule has 0 aliphatic heterocycles. The minimum absolute atomic E-state index is 0.612. The molecule has 5 heteroatoms. The number of rotatable bonds is 1. The highest BCUT2D eigenvalue weighted by Gasteiger charge is 2.47. The van der Waals surface area contributed by atoms with Crippen molar-refractivity contribution in [2.24, 2.45) is 0 Å². The smallest absolute Gasteiger partial charge is 0.219 e. The highest BCUT2D eigenvalue weighted by molar-refractivity contribution is 14.1. The summed E-state index contributed by atoms with van der Waals surface area (Å²) in [6, 6.07) is 0. The Morgan fingerprint density at radius 3 is 1.50 bits per heavy atom. The summed E-state index contributed by atoms with van der Waals surface area (Å²) in [5, 5.41) is -2.94. The van der Waals surface area contributed by atoms with Crippen LogP contribution in [0.2, 0.25) is 0 Å². The molecule has 0 radical (unpaired) electrons. The molecule has 1 unspecified atom stereocenters. The van der Waals surface area contributed by atoms with Crippen molar-refractivity contribution in [3.63, 3.8) is 0 Å². The molecular formula is C3H3ClF3I. The Bertz CT molecular complexity index is 69.5. The molecule has 0 amide bonds. The summed E-state index contributed by atoms with van der Waals surface area (Å²) in [7, 11) is 0. The van der Waals surface area contributed by atoms with Crippen LogP contribution in [0, 0.1) is 0 Å². The second-order valence-electron chi connectivity index (χ2n) is 1.39. The van der Waals surface area contributed by atoms with Crippen LogP contribution >= 0.6 is 34.2 Å². The lowest BCUT2D eigenvalue weighted by Crippen LogP contribution is -2.29. The number of hydrogen-bond donors (Lipinski definition) is 0. The van der Waals surface area contributed by atoms with Gasteiger partial charge in [-0.25, -0.2) is 4.39 Å². The maximum atomic E-state index is 11.9.